The van der Waals surface area contributed by atoms with Gasteiger partial charge in [0.25, 0.3) is 0 Å². The molecule has 2 aromatic rings. The van der Waals surface area contributed by atoms with Gasteiger partial charge < -0.3 is 24.2 Å². The molecule has 1 atom stereocenters. The highest BCUT2D eigenvalue weighted by Gasteiger charge is 2.21. The second-order valence-corrected chi connectivity index (χ2v) is 8.14. The summed E-state index contributed by atoms with van der Waals surface area (Å²) in [4.78, 5) is 1.50. The highest BCUT2D eigenvalue weighted by atomic mass is 16.5. The van der Waals surface area contributed by atoms with E-state index in [0.29, 0.717) is 6.61 Å². The van der Waals surface area contributed by atoms with Crippen molar-refractivity contribution in [3.05, 3.63) is 59.7 Å². The van der Waals surface area contributed by atoms with E-state index >= 15 is 0 Å². The number of likely N-dealkylation sites (tertiary alicyclic amines) is 1. The SMILES string of the molecule is COc1ccc(C(OC[C@@H](O)C[NH+]2CCCCCCC2)c2ccc(OC)cc2)cc1. The van der Waals surface area contributed by atoms with Crippen LogP contribution in [0.3, 0.4) is 0 Å². The van der Waals surface area contributed by atoms with Crippen LogP contribution in [-0.2, 0) is 4.74 Å². The number of rotatable bonds is 9. The Morgan fingerprint density at radius 2 is 1.23 bits per heavy atom. The lowest BCUT2D eigenvalue weighted by Gasteiger charge is -2.26. The van der Waals surface area contributed by atoms with E-state index in [1.54, 1.807) is 14.2 Å². The highest BCUT2D eigenvalue weighted by Crippen LogP contribution is 2.29. The zero-order valence-corrected chi connectivity index (χ0v) is 18.3. The largest absolute Gasteiger partial charge is 0.497 e. The molecule has 0 radical (unpaired) electrons. The van der Waals surface area contributed by atoms with Gasteiger partial charge in [0.05, 0.1) is 33.9 Å². The van der Waals surface area contributed by atoms with Crippen LogP contribution in [0.2, 0.25) is 0 Å². The van der Waals surface area contributed by atoms with E-state index in [1.165, 1.54) is 37.0 Å². The molecule has 1 heterocycles. The van der Waals surface area contributed by atoms with Crippen LogP contribution >= 0.6 is 0 Å². The first-order valence-corrected chi connectivity index (χ1v) is 11.1. The van der Waals surface area contributed by atoms with E-state index in [0.717, 1.165) is 42.3 Å². The van der Waals surface area contributed by atoms with Crippen molar-refractivity contribution in [3.8, 4) is 11.5 Å². The average Bonchev–Trinajstić information content (AvgIpc) is 2.76. The molecule has 1 aliphatic rings. The maximum atomic E-state index is 10.7. The summed E-state index contributed by atoms with van der Waals surface area (Å²) in [5.41, 5.74) is 2.07. The molecule has 30 heavy (non-hydrogen) atoms. The van der Waals surface area contributed by atoms with Crippen LogP contribution in [0.1, 0.15) is 49.3 Å². The molecule has 2 N–H and O–H groups in total. The maximum absolute atomic E-state index is 10.7. The van der Waals surface area contributed by atoms with Gasteiger partial charge in [0.1, 0.15) is 30.3 Å². The number of quaternary nitrogens is 1. The second-order valence-electron chi connectivity index (χ2n) is 8.14. The van der Waals surface area contributed by atoms with Crippen LogP contribution in [0.25, 0.3) is 0 Å². The first-order chi connectivity index (χ1) is 14.7. The molecule has 2 aromatic carbocycles. The second kappa shape index (κ2) is 11.9. The monoisotopic (exact) mass is 414 g/mol. The van der Waals surface area contributed by atoms with E-state index in [2.05, 4.69) is 0 Å². The summed E-state index contributed by atoms with van der Waals surface area (Å²) in [6.45, 7) is 3.36. The Bertz CT molecular complexity index is 676. The van der Waals surface area contributed by atoms with E-state index in [4.69, 9.17) is 14.2 Å². The number of aliphatic hydroxyl groups excluding tert-OH is 1. The molecule has 0 aromatic heterocycles. The van der Waals surface area contributed by atoms with Crippen LogP contribution in [0.4, 0.5) is 0 Å². The molecule has 3 rings (SSSR count). The first kappa shape index (κ1) is 22.6. The predicted molar refractivity (Wildman–Crippen MR) is 118 cm³/mol. The Balaban J connectivity index is 1.66. The van der Waals surface area contributed by atoms with Gasteiger partial charge in [-0.25, -0.2) is 0 Å². The van der Waals surface area contributed by atoms with Crippen LogP contribution in [0, 0.1) is 0 Å². The van der Waals surface area contributed by atoms with E-state index in [1.807, 2.05) is 48.5 Å². The number of hydrogen-bond donors (Lipinski definition) is 2. The molecule has 0 saturated carbocycles. The highest BCUT2D eigenvalue weighted by molar-refractivity contribution is 5.36. The van der Waals surface area contributed by atoms with Crippen molar-refractivity contribution in [3.63, 3.8) is 0 Å². The van der Waals surface area contributed by atoms with Gasteiger partial charge in [0, 0.05) is 0 Å². The van der Waals surface area contributed by atoms with Gasteiger partial charge in [0.15, 0.2) is 0 Å². The van der Waals surface area contributed by atoms with Crippen LogP contribution in [0.15, 0.2) is 48.5 Å². The quantitative estimate of drug-likeness (QED) is 0.662. The van der Waals surface area contributed by atoms with Crippen molar-refractivity contribution in [1.82, 2.24) is 0 Å². The lowest BCUT2D eigenvalue weighted by Crippen LogP contribution is -3.13. The number of aliphatic hydroxyl groups is 1. The third-order valence-corrected chi connectivity index (χ3v) is 5.88. The van der Waals surface area contributed by atoms with Gasteiger partial charge in [-0.05, 0) is 61.1 Å². The van der Waals surface area contributed by atoms with Gasteiger partial charge in [-0.3, -0.25) is 0 Å². The molecule has 0 spiro atoms. The van der Waals surface area contributed by atoms with Crippen LogP contribution in [0.5, 0.6) is 11.5 Å². The fraction of sp³-hybridized carbons (Fsp3) is 0.520. The van der Waals surface area contributed by atoms with Gasteiger partial charge in [-0.1, -0.05) is 30.7 Å². The third-order valence-electron chi connectivity index (χ3n) is 5.88. The summed E-state index contributed by atoms with van der Waals surface area (Å²) in [5, 5.41) is 10.7. The number of nitrogens with one attached hydrogen (secondary N) is 1. The molecule has 0 unspecified atom stereocenters. The van der Waals surface area contributed by atoms with Crippen molar-refractivity contribution in [2.75, 3.05) is 40.5 Å². The summed E-state index contributed by atoms with van der Waals surface area (Å²) in [6.07, 6.45) is 5.76. The first-order valence-electron chi connectivity index (χ1n) is 11.1. The molecule has 1 saturated heterocycles. The Hall–Kier alpha value is -2.08. The fourth-order valence-corrected chi connectivity index (χ4v) is 4.15. The molecular weight excluding hydrogens is 378 g/mol. The summed E-state index contributed by atoms with van der Waals surface area (Å²) in [6, 6.07) is 15.8. The van der Waals surface area contributed by atoms with Gasteiger partial charge >= 0.3 is 0 Å². The predicted octanol–water partition coefficient (Wildman–Crippen LogP) is 3.02. The molecule has 0 amide bonds. The van der Waals surface area contributed by atoms with Gasteiger partial charge in [-0.2, -0.15) is 0 Å². The Labute approximate surface area is 180 Å². The summed E-state index contributed by atoms with van der Waals surface area (Å²) in [5.74, 6) is 1.63. The van der Waals surface area contributed by atoms with E-state index in [-0.39, 0.29) is 6.10 Å². The van der Waals surface area contributed by atoms with E-state index < -0.39 is 6.10 Å². The van der Waals surface area contributed by atoms with Crippen molar-refractivity contribution in [2.24, 2.45) is 0 Å². The lowest BCUT2D eigenvalue weighted by molar-refractivity contribution is -0.904. The minimum absolute atomic E-state index is 0.251. The lowest BCUT2D eigenvalue weighted by atomic mass is 10.0. The number of ether oxygens (including phenoxy) is 3. The summed E-state index contributed by atoms with van der Waals surface area (Å²) in [7, 11) is 3.33. The van der Waals surface area contributed by atoms with Crippen molar-refractivity contribution in [1.29, 1.82) is 0 Å². The molecule has 5 nitrogen and oxygen atoms in total. The Morgan fingerprint density at radius 3 is 1.70 bits per heavy atom. The fourth-order valence-electron chi connectivity index (χ4n) is 4.15. The zero-order chi connectivity index (χ0) is 21.2. The van der Waals surface area contributed by atoms with Crippen molar-refractivity contribution in [2.45, 2.75) is 44.3 Å². The standard InChI is InChI=1S/C25H35NO4/c1-28-23-12-8-20(9-13-23)25(21-10-14-24(29-2)15-11-21)30-19-22(27)18-26-16-6-4-3-5-7-17-26/h8-15,22,25,27H,3-7,16-19H2,1-2H3/p+1/t22-/m0/s1. The van der Waals surface area contributed by atoms with Crippen LogP contribution in [-0.4, -0.2) is 51.7 Å². The topological polar surface area (TPSA) is 52.4 Å². The smallest absolute Gasteiger partial charge is 0.126 e. The maximum Gasteiger partial charge on any atom is 0.126 e. The molecule has 164 valence electrons. The number of methoxy groups -OCH3 is 2. The average molecular weight is 415 g/mol. The normalized spacial score (nSPS) is 16.7. The molecule has 1 aliphatic heterocycles. The minimum Gasteiger partial charge on any atom is -0.497 e. The van der Waals surface area contributed by atoms with Gasteiger partial charge in [0.2, 0.25) is 0 Å². The zero-order valence-electron chi connectivity index (χ0n) is 18.3. The van der Waals surface area contributed by atoms with Gasteiger partial charge in [-0.15, -0.1) is 0 Å². The Kier molecular flexibility index (Phi) is 9.00. The molecule has 0 bridgehead atoms. The summed E-state index contributed by atoms with van der Waals surface area (Å²) >= 11 is 0. The molecule has 0 aliphatic carbocycles. The number of hydrogen-bond acceptors (Lipinski definition) is 4. The van der Waals surface area contributed by atoms with Crippen molar-refractivity contribution >= 4 is 0 Å². The number of benzene rings is 2. The van der Waals surface area contributed by atoms with Crippen molar-refractivity contribution < 1.29 is 24.2 Å². The molecular formula is C25H36NO4+. The van der Waals surface area contributed by atoms with Crippen LogP contribution < -0.4 is 14.4 Å². The summed E-state index contributed by atoms with van der Waals surface area (Å²) < 4.78 is 16.8. The third kappa shape index (κ3) is 6.73. The minimum atomic E-state index is -0.474. The Morgan fingerprint density at radius 1 is 0.767 bits per heavy atom. The van der Waals surface area contributed by atoms with E-state index in [9.17, 15) is 5.11 Å². The molecule has 5 heteroatoms. The molecule has 1 fully saturated rings.